The van der Waals surface area contributed by atoms with Crippen molar-refractivity contribution in [2.24, 2.45) is 0 Å². The Labute approximate surface area is 116 Å². The Morgan fingerprint density at radius 2 is 2.25 bits per heavy atom. The second kappa shape index (κ2) is 5.67. The molecule has 2 aromatic heterocycles. The van der Waals surface area contributed by atoms with Gasteiger partial charge in [-0.1, -0.05) is 12.1 Å². The summed E-state index contributed by atoms with van der Waals surface area (Å²) in [6, 6.07) is -0.588. The average Bonchev–Trinajstić information content (AvgIpc) is 3.00. The Bertz CT molecular complexity index is 662. The van der Waals surface area contributed by atoms with Crippen LogP contribution in [0.4, 0.5) is 0 Å². The van der Waals surface area contributed by atoms with E-state index in [4.69, 9.17) is 0 Å². The summed E-state index contributed by atoms with van der Waals surface area (Å²) >= 11 is 0. The lowest BCUT2D eigenvalue weighted by Gasteiger charge is -2.08. The molecular weight excluding hydrogens is 282 g/mol. The fourth-order valence-corrected chi connectivity index (χ4v) is 2.98. The van der Waals surface area contributed by atoms with Crippen LogP contribution in [0.1, 0.15) is 38.0 Å². The minimum atomic E-state index is -3.71. The molecule has 20 heavy (non-hydrogen) atoms. The molecule has 0 amide bonds. The summed E-state index contributed by atoms with van der Waals surface area (Å²) in [5.41, 5.74) is 0. The van der Waals surface area contributed by atoms with Crippen molar-refractivity contribution in [3.8, 4) is 0 Å². The van der Waals surface area contributed by atoms with Crippen molar-refractivity contribution in [3.63, 3.8) is 0 Å². The first-order valence-electron chi connectivity index (χ1n) is 6.23. The third-order valence-corrected chi connectivity index (χ3v) is 4.19. The number of sulfonamides is 1. The number of nitrogens with one attached hydrogen (secondary N) is 2. The molecule has 9 nitrogen and oxygen atoms in total. The van der Waals surface area contributed by atoms with Gasteiger partial charge in [-0.25, -0.2) is 13.4 Å². The van der Waals surface area contributed by atoms with Gasteiger partial charge in [-0.3, -0.25) is 0 Å². The average molecular weight is 299 g/mol. The fraction of sp³-hybridized carbons (Fsp3) is 0.600. The number of hydrogen-bond donors (Lipinski definition) is 2. The van der Waals surface area contributed by atoms with Crippen LogP contribution in [0.2, 0.25) is 0 Å². The Balaban J connectivity index is 2.20. The molecule has 0 aliphatic carbocycles. The molecule has 2 heterocycles. The molecule has 2 aromatic rings. The number of nitrogens with zero attached hydrogens (tertiary/aromatic N) is 5. The smallest absolute Gasteiger partial charge is 0.260 e. The maximum absolute atomic E-state index is 12.2. The molecule has 2 N–H and O–H groups in total. The Kier molecular flexibility index (Phi) is 4.14. The SMILES string of the molecule is CCCn1cc(S(=O)(=O)NC(C)c2nn[nH]n2)nc1C. The lowest BCUT2D eigenvalue weighted by molar-refractivity contribution is 0.556. The van der Waals surface area contributed by atoms with Crippen LogP contribution in [0.15, 0.2) is 11.2 Å². The molecule has 1 atom stereocenters. The van der Waals surface area contributed by atoms with Crippen LogP contribution in [0, 0.1) is 6.92 Å². The van der Waals surface area contributed by atoms with Crippen LogP contribution in [0.5, 0.6) is 0 Å². The predicted molar refractivity (Wildman–Crippen MR) is 70.2 cm³/mol. The summed E-state index contributed by atoms with van der Waals surface area (Å²) < 4.78 is 28.8. The van der Waals surface area contributed by atoms with E-state index in [1.165, 1.54) is 6.20 Å². The Morgan fingerprint density at radius 1 is 1.50 bits per heavy atom. The van der Waals surface area contributed by atoms with Gasteiger partial charge in [-0.15, -0.1) is 10.2 Å². The van der Waals surface area contributed by atoms with Crippen molar-refractivity contribution < 1.29 is 8.42 Å². The van der Waals surface area contributed by atoms with E-state index in [2.05, 4.69) is 30.3 Å². The quantitative estimate of drug-likeness (QED) is 0.784. The van der Waals surface area contributed by atoms with E-state index in [0.29, 0.717) is 5.82 Å². The monoisotopic (exact) mass is 299 g/mol. The highest BCUT2D eigenvalue weighted by atomic mass is 32.2. The largest absolute Gasteiger partial charge is 0.334 e. The third kappa shape index (κ3) is 3.02. The van der Waals surface area contributed by atoms with E-state index >= 15 is 0 Å². The van der Waals surface area contributed by atoms with Crippen LogP contribution in [0.3, 0.4) is 0 Å². The normalized spacial score (nSPS) is 13.6. The number of imidazole rings is 1. The first-order valence-corrected chi connectivity index (χ1v) is 7.71. The number of aryl methyl sites for hydroxylation is 2. The lowest BCUT2D eigenvalue weighted by atomic mass is 10.4. The summed E-state index contributed by atoms with van der Waals surface area (Å²) in [5.74, 6) is 0.942. The van der Waals surface area contributed by atoms with E-state index in [1.807, 2.05) is 11.5 Å². The van der Waals surface area contributed by atoms with Crippen molar-refractivity contribution in [2.75, 3.05) is 0 Å². The zero-order valence-corrected chi connectivity index (χ0v) is 12.3. The van der Waals surface area contributed by atoms with Crippen molar-refractivity contribution in [3.05, 3.63) is 17.8 Å². The standard InChI is InChI=1S/C10H17N7O2S/c1-4-5-17-6-9(11-8(17)3)20(18,19)14-7(2)10-12-15-16-13-10/h6-7,14H,4-5H2,1-3H3,(H,12,13,15,16). The Morgan fingerprint density at radius 3 is 2.85 bits per heavy atom. The molecule has 0 saturated heterocycles. The molecule has 10 heteroatoms. The molecule has 0 fully saturated rings. The third-order valence-electron chi connectivity index (χ3n) is 2.77. The first-order chi connectivity index (χ1) is 9.44. The molecule has 110 valence electrons. The van der Waals surface area contributed by atoms with Gasteiger partial charge in [0.2, 0.25) is 0 Å². The van der Waals surface area contributed by atoms with Gasteiger partial charge in [0, 0.05) is 12.7 Å². The fourth-order valence-electron chi connectivity index (χ4n) is 1.77. The minimum absolute atomic E-state index is 0.00112. The zero-order valence-electron chi connectivity index (χ0n) is 11.5. The highest BCUT2D eigenvalue weighted by Gasteiger charge is 2.23. The summed E-state index contributed by atoms with van der Waals surface area (Å²) in [6.45, 7) is 6.16. The summed E-state index contributed by atoms with van der Waals surface area (Å²) in [4.78, 5) is 4.08. The van der Waals surface area contributed by atoms with E-state index in [9.17, 15) is 8.42 Å². The van der Waals surface area contributed by atoms with Gasteiger partial charge in [0.25, 0.3) is 10.0 Å². The van der Waals surface area contributed by atoms with Crippen molar-refractivity contribution >= 4 is 10.0 Å². The highest BCUT2D eigenvalue weighted by molar-refractivity contribution is 7.89. The molecule has 2 rings (SSSR count). The van der Waals surface area contributed by atoms with Crippen molar-refractivity contribution in [1.82, 2.24) is 34.9 Å². The van der Waals surface area contributed by atoms with Gasteiger partial charge in [-0.05, 0) is 20.3 Å². The molecule has 1 unspecified atom stereocenters. The van der Waals surface area contributed by atoms with Gasteiger partial charge in [0.1, 0.15) is 5.82 Å². The Hall–Kier alpha value is -1.81. The molecule has 0 spiro atoms. The van der Waals surface area contributed by atoms with Crippen LogP contribution >= 0.6 is 0 Å². The predicted octanol–water partition coefficient (Wildman–Crippen LogP) is 0.154. The maximum Gasteiger partial charge on any atom is 0.260 e. The molecular formula is C10H17N7O2S. The summed E-state index contributed by atoms with van der Waals surface area (Å²) in [5, 5.41) is 13.2. The van der Waals surface area contributed by atoms with Crippen LogP contribution in [-0.4, -0.2) is 38.6 Å². The summed E-state index contributed by atoms with van der Waals surface area (Å²) in [6.07, 6.45) is 2.44. The number of tetrazole rings is 1. The number of hydrogen-bond acceptors (Lipinski definition) is 6. The van der Waals surface area contributed by atoms with E-state index in [1.54, 1.807) is 13.8 Å². The number of H-pyrrole nitrogens is 1. The van der Waals surface area contributed by atoms with Gasteiger partial charge >= 0.3 is 0 Å². The van der Waals surface area contributed by atoms with Crippen molar-refractivity contribution in [1.29, 1.82) is 0 Å². The van der Waals surface area contributed by atoms with Gasteiger partial charge in [0.05, 0.1) is 6.04 Å². The zero-order chi connectivity index (χ0) is 14.8. The van der Waals surface area contributed by atoms with Crippen LogP contribution in [-0.2, 0) is 16.6 Å². The topological polar surface area (TPSA) is 118 Å². The molecule has 0 radical (unpaired) electrons. The molecule has 0 aliphatic rings. The van der Waals surface area contributed by atoms with Gasteiger partial charge in [-0.2, -0.15) is 9.94 Å². The lowest BCUT2D eigenvalue weighted by Crippen LogP contribution is -2.28. The molecule has 0 aromatic carbocycles. The van der Waals surface area contributed by atoms with Gasteiger partial charge in [0.15, 0.2) is 10.9 Å². The number of aromatic nitrogens is 6. The second-order valence-electron chi connectivity index (χ2n) is 4.43. The maximum atomic E-state index is 12.2. The highest BCUT2D eigenvalue weighted by Crippen LogP contribution is 2.13. The second-order valence-corrected chi connectivity index (χ2v) is 6.09. The van der Waals surface area contributed by atoms with E-state index in [0.717, 1.165) is 13.0 Å². The first kappa shape index (κ1) is 14.6. The van der Waals surface area contributed by atoms with Crippen molar-refractivity contribution in [2.45, 2.75) is 44.8 Å². The molecule has 0 aliphatic heterocycles. The minimum Gasteiger partial charge on any atom is -0.334 e. The van der Waals surface area contributed by atoms with E-state index in [-0.39, 0.29) is 10.9 Å². The van der Waals surface area contributed by atoms with E-state index < -0.39 is 16.1 Å². The van der Waals surface area contributed by atoms with Crippen LogP contribution < -0.4 is 4.72 Å². The molecule has 0 saturated carbocycles. The van der Waals surface area contributed by atoms with Gasteiger partial charge < -0.3 is 4.57 Å². The molecule has 0 bridgehead atoms. The van der Waals surface area contributed by atoms with Crippen LogP contribution in [0.25, 0.3) is 0 Å². The summed E-state index contributed by atoms with van der Waals surface area (Å²) in [7, 11) is -3.71. The number of rotatable bonds is 6. The number of aromatic amines is 1.